The highest BCUT2D eigenvalue weighted by atomic mass is 32.3. The molecule has 0 saturated carbocycles. The molecule has 0 spiro atoms. The van der Waals surface area contributed by atoms with Gasteiger partial charge in [-0.25, -0.2) is 0 Å². The number of carbonyl (C=O) groups is 1. The smallest absolute Gasteiger partial charge is 0.369 e. The fourth-order valence-corrected chi connectivity index (χ4v) is 1.32. The summed E-state index contributed by atoms with van der Waals surface area (Å²) in [6.45, 7) is 0. The Balaban J connectivity index is 2.77. The van der Waals surface area contributed by atoms with E-state index in [0.717, 1.165) is 0 Å². The number of nitrogens with two attached hydrogens (primary N) is 1. The van der Waals surface area contributed by atoms with E-state index in [1.807, 2.05) is 0 Å². The van der Waals surface area contributed by atoms with Gasteiger partial charge in [0.25, 0.3) is 0 Å². The lowest BCUT2D eigenvalue weighted by molar-refractivity contribution is -0.117. The van der Waals surface area contributed by atoms with Crippen molar-refractivity contribution in [1.29, 1.82) is 0 Å². The first kappa shape index (κ1) is 11.4. The van der Waals surface area contributed by atoms with Crippen LogP contribution in [0, 0.1) is 0 Å². The normalized spacial score (nSPS) is 11.0. The van der Waals surface area contributed by atoms with Gasteiger partial charge in [-0.3, -0.25) is 4.79 Å². The number of halogens is 1. The van der Waals surface area contributed by atoms with Crippen molar-refractivity contribution >= 4 is 16.4 Å². The average Bonchev–Trinajstić information content (AvgIpc) is 2.05. The van der Waals surface area contributed by atoms with E-state index in [-0.39, 0.29) is 12.2 Å². The van der Waals surface area contributed by atoms with Crippen LogP contribution in [-0.4, -0.2) is 14.3 Å². The third-order valence-corrected chi connectivity index (χ3v) is 1.89. The average molecular weight is 233 g/mol. The molecule has 0 radical (unpaired) electrons. The summed E-state index contributed by atoms with van der Waals surface area (Å²) in [5.41, 5.74) is 5.53. The minimum Gasteiger partial charge on any atom is -0.369 e. The third kappa shape index (κ3) is 4.41. The van der Waals surface area contributed by atoms with Crippen molar-refractivity contribution in [3.8, 4) is 5.75 Å². The van der Waals surface area contributed by atoms with Crippen LogP contribution in [0.4, 0.5) is 3.89 Å². The maximum Gasteiger partial charge on any atom is 0.488 e. The molecule has 0 heterocycles. The van der Waals surface area contributed by atoms with Gasteiger partial charge in [0.05, 0.1) is 6.42 Å². The van der Waals surface area contributed by atoms with Gasteiger partial charge >= 0.3 is 10.5 Å². The largest absolute Gasteiger partial charge is 0.488 e. The molecule has 1 aromatic rings. The Hall–Kier alpha value is -1.63. The molecular formula is C8H8FNO4S. The van der Waals surface area contributed by atoms with Gasteiger partial charge in [0.15, 0.2) is 0 Å². The van der Waals surface area contributed by atoms with Crippen molar-refractivity contribution in [2.24, 2.45) is 5.73 Å². The molecule has 1 rings (SSSR count). The van der Waals surface area contributed by atoms with Crippen molar-refractivity contribution in [1.82, 2.24) is 0 Å². The molecule has 82 valence electrons. The highest BCUT2D eigenvalue weighted by Crippen LogP contribution is 2.15. The summed E-state index contributed by atoms with van der Waals surface area (Å²) in [4.78, 5) is 10.5. The van der Waals surface area contributed by atoms with Crippen molar-refractivity contribution in [3.63, 3.8) is 0 Å². The first-order chi connectivity index (χ1) is 6.87. The first-order valence-electron chi connectivity index (χ1n) is 3.88. The summed E-state index contributed by atoms with van der Waals surface area (Å²) in [6, 6.07) is 5.31. The molecule has 0 fully saturated rings. The summed E-state index contributed by atoms with van der Waals surface area (Å²) in [7, 11) is -5.00. The molecule has 0 aliphatic carbocycles. The van der Waals surface area contributed by atoms with E-state index in [1.165, 1.54) is 24.3 Å². The topological polar surface area (TPSA) is 86.5 Å². The Morgan fingerprint density at radius 1 is 1.33 bits per heavy atom. The molecule has 0 unspecified atom stereocenters. The lowest BCUT2D eigenvalue weighted by Crippen LogP contribution is -2.13. The summed E-state index contributed by atoms with van der Waals surface area (Å²) >= 11 is 0. The van der Waals surface area contributed by atoms with Gasteiger partial charge in [-0.1, -0.05) is 16.0 Å². The Bertz CT molecular complexity index is 454. The number of hydrogen-bond donors (Lipinski definition) is 1. The minimum atomic E-state index is -5.00. The quantitative estimate of drug-likeness (QED) is 0.758. The Morgan fingerprint density at radius 2 is 1.87 bits per heavy atom. The molecule has 1 aromatic carbocycles. The second-order valence-electron chi connectivity index (χ2n) is 2.76. The van der Waals surface area contributed by atoms with Crippen LogP contribution in [0.15, 0.2) is 24.3 Å². The summed E-state index contributed by atoms with van der Waals surface area (Å²) < 4.78 is 36.2. The number of benzene rings is 1. The van der Waals surface area contributed by atoms with Gasteiger partial charge in [0, 0.05) is 0 Å². The summed E-state index contributed by atoms with van der Waals surface area (Å²) in [6.07, 6.45) is 0.0304. The number of amides is 1. The highest BCUT2D eigenvalue weighted by molar-refractivity contribution is 7.81. The predicted molar refractivity (Wildman–Crippen MR) is 50.0 cm³/mol. The SMILES string of the molecule is NC(=O)Cc1ccc(OS(=O)(=O)F)cc1. The molecule has 0 saturated heterocycles. The zero-order valence-corrected chi connectivity index (χ0v) is 8.33. The molecule has 0 atom stereocenters. The van der Waals surface area contributed by atoms with Crippen LogP contribution < -0.4 is 9.92 Å². The third-order valence-electron chi connectivity index (χ3n) is 1.50. The van der Waals surface area contributed by atoms with Gasteiger partial charge in [0.1, 0.15) is 5.75 Å². The molecule has 0 aromatic heterocycles. The van der Waals surface area contributed by atoms with E-state index in [4.69, 9.17) is 5.73 Å². The second kappa shape index (κ2) is 4.26. The molecule has 7 heteroatoms. The van der Waals surface area contributed by atoms with E-state index in [1.54, 1.807) is 0 Å². The zero-order chi connectivity index (χ0) is 11.5. The van der Waals surface area contributed by atoms with Gasteiger partial charge < -0.3 is 9.92 Å². The van der Waals surface area contributed by atoms with Crippen LogP contribution in [0.2, 0.25) is 0 Å². The number of hydrogen-bond acceptors (Lipinski definition) is 4. The van der Waals surface area contributed by atoms with Gasteiger partial charge in [-0.15, -0.1) is 0 Å². The standard InChI is InChI=1S/C8H8FNO4S/c9-15(12,13)14-7-3-1-6(2-4-7)5-8(10)11/h1-4H,5H2,(H2,10,11). The van der Waals surface area contributed by atoms with Crippen molar-refractivity contribution in [2.45, 2.75) is 6.42 Å². The lowest BCUT2D eigenvalue weighted by atomic mass is 10.1. The van der Waals surface area contributed by atoms with Crippen LogP contribution >= 0.6 is 0 Å². The van der Waals surface area contributed by atoms with E-state index in [0.29, 0.717) is 5.56 Å². The Labute approximate surface area is 86.1 Å². The maximum absolute atomic E-state index is 12.1. The van der Waals surface area contributed by atoms with Gasteiger partial charge in [-0.2, -0.15) is 8.42 Å². The Kier molecular flexibility index (Phi) is 3.25. The molecule has 0 aliphatic heterocycles. The number of carbonyl (C=O) groups excluding carboxylic acids is 1. The second-order valence-corrected chi connectivity index (χ2v) is 3.72. The summed E-state index contributed by atoms with van der Waals surface area (Å²) in [5.74, 6) is -0.674. The lowest BCUT2D eigenvalue weighted by Gasteiger charge is -2.01. The van der Waals surface area contributed by atoms with Crippen molar-refractivity contribution in [2.75, 3.05) is 0 Å². The van der Waals surface area contributed by atoms with Crippen LogP contribution in [-0.2, 0) is 21.7 Å². The molecular weight excluding hydrogens is 225 g/mol. The number of rotatable bonds is 4. The van der Waals surface area contributed by atoms with Crippen LogP contribution in [0.1, 0.15) is 5.56 Å². The zero-order valence-electron chi connectivity index (χ0n) is 7.51. The molecule has 5 nitrogen and oxygen atoms in total. The fourth-order valence-electron chi connectivity index (χ4n) is 0.979. The van der Waals surface area contributed by atoms with Crippen molar-refractivity contribution in [3.05, 3.63) is 29.8 Å². The van der Waals surface area contributed by atoms with Crippen molar-refractivity contribution < 1.29 is 21.3 Å². The van der Waals surface area contributed by atoms with Crippen LogP contribution in [0.25, 0.3) is 0 Å². The van der Waals surface area contributed by atoms with E-state index in [9.17, 15) is 17.1 Å². The molecule has 15 heavy (non-hydrogen) atoms. The van der Waals surface area contributed by atoms with Gasteiger partial charge in [-0.05, 0) is 17.7 Å². The minimum absolute atomic E-state index is 0.0304. The fraction of sp³-hybridized carbons (Fsp3) is 0.125. The molecule has 0 aliphatic rings. The molecule has 1 amide bonds. The molecule has 2 N–H and O–H groups in total. The van der Waals surface area contributed by atoms with E-state index >= 15 is 0 Å². The van der Waals surface area contributed by atoms with Crippen LogP contribution in [0.5, 0.6) is 5.75 Å². The highest BCUT2D eigenvalue weighted by Gasteiger charge is 2.09. The summed E-state index contributed by atoms with van der Waals surface area (Å²) in [5, 5.41) is 0. The van der Waals surface area contributed by atoms with Crippen LogP contribution in [0.3, 0.4) is 0 Å². The maximum atomic E-state index is 12.1. The Morgan fingerprint density at radius 3 is 2.27 bits per heavy atom. The van der Waals surface area contributed by atoms with E-state index < -0.39 is 16.4 Å². The number of primary amides is 1. The first-order valence-corrected chi connectivity index (χ1v) is 5.19. The molecule has 0 bridgehead atoms. The predicted octanol–water partition coefficient (Wildman–Crippen LogP) is 0.307. The monoisotopic (exact) mass is 233 g/mol. The van der Waals surface area contributed by atoms with Gasteiger partial charge in [0.2, 0.25) is 5.91 Å². The van der Waals surface area contributed by atoms with E-state index in [2.05, 4.69) is 4.18 Å².